The molecular formula is C29H50O3. The highest BCUT2D eigenvalue weighted by atomic mass is 16.5. The number of hydrogen-bond acceptors (Lipinski definition) is 3. The van der Waals surface area contributed by atoms with Gasteiger partial charge in [-0.25, -0.2) is 0 Å². The first kappa shape index (κ1) is 24.7. The zero-order valence-corrected chi connectivity index (χ0v) is 21.6. The minimum absolute atomic E-state index is 0.0468. The van der Waals surface area contributed by atoms with Gasteiger partial charge in [-0.2, -0.15) is 0 Å². The van der Waals surface area contributed by atoms with Crippen LogP contribution >= 0.6 is 0 Å². The molecule has 4 fully saturated rings. The maximum Gasteiger partial charge on any atom is 0.135 e. The summed E-state index contributed by atoms with van der Waals surface area (Å²) in [5, 5.41) is 10.3. The predicted molar refractivity (Wildman–Crippen MR) is 130 cm³/mol. The number of ether oxygens (including phenoxy) is 1. The van der Waals surface area contributed by atoms with Gasteiger partial charge in [-0.1, -0.05) is 20.8 Å². The van der Waals surface area contributed by atoms with Crippen molar-refractivity contribution in [3.05, 3.63) is 0 Å². The van der Waals surface area contributed by atoms with Gasteiger partial charge in [0.2, 0.25) is 0 Å². The Labute approximate surface area is 197 Å². The number of Topliss-reactive ketones (excluding diaryl/α,β-unsaturated/α-hetero) is 1. The Kier molecular flexibility index (Phi) is 7.48. The van der Waals surface area contributed by atoms with E-state index < -0.39 is 0 Å². The van der Waals surface area contributed by atoms with Crippen LogP contribution in [0.3, 0.4) is 0 Å². The number of ketones is 1. The summed E-state index contributed by atoms with van der Waals surface area (Å²) in [5.41, 5.74) is 0.941. The topological polar surface area (TPSA) is 46.5 Å². The Hall–Kier alpha value is -0.410. The molecule has 0 aromatic rings. The van der Waals surface area contributed by atoms with E-state index >= 15 is 0 Å². The van der Waals surface area contributed by atoms with Crippen LogP contribution in [0.15, 0.2) is 0 Å². The molecule has 4 rings (SSSR count). The smallest absolute Gasteiger partial charge is 0.135 e. The van der Waals surface area contributed by atoms with Crippen LogP contribution in [-0.4, -0.2) is 29.7 Å². The van der Waals surface area contributed by atoms with E-state index in [0.29, 0.717) is 35.6 Å². The van der Waals surface area contributed by atoms with Gasteiger partial charge in [0.05, 0.1) is 12.2 Å². The number of carbonyl (C=O) groups excluding carboxylic acids is 1. The fourth-order valence-electron chi connectivity index (χ4n) is 9.57. The van der Waals surface area contributed by atoms with E-state index in [-0.39, 0.29) is 12.2 Å². The van der Waals surface area contributed by atoms with Crippen LogP contribution in [0.4, 0.5) is 0 Å². The molecule has 0 radical (unpaired) electrons. The highest BCUT2D eigenvalue weighted by Crippen LogP contribution is 2.68. The Morgan fingerprint density at radius 2 is 1.72 bits per heavy atom. The third-order valence-corrected chi connectivity index (χ3v) is 11.2. The number of aliphatic hydroxyl groups is 1. The normalized spacial score (nSPS) is 45.4. The molecule has 0 spiro atoms. The molecule has 0 aliphatic heterocycles. The standard InChI is InChI=1S/C29H50O3/c1-6-32-20(3)17-22(30)9-7-19(2)25-11-12-26-24-10-8-21-18-23(31)13-15-28(21,4)27(24)14-16-29(25,26)5/h19-21,23-27,31H,6-18H2,1-5H3. The second kappa shape index (κ2) is 9.68. The molecule has 4 aliphatic rings. The number of hydrogen-bond donors (Lipinski definition) is 1. The van der Waals surface area contributed by atoms with Crippen LogP contribution in [-0.2, 0) is 9.53 Å². The minimum Gasteiger partial charge on any atom is -0.393 e. The minimum atomic E-state index is -0.0468. The Morgan fingerprint density at radius 3 is 2.47 bits per heavy atom. The van der Waals surface area contributed by atoms with Crippen molar-refractivity contribution in [1.29, 1.82) is 0 Å². The lowest BCUT2D eigenvalue weighted by molar-refractivity contribution is -0.130. The fourth-order valence-corrected chi connectivity index (χ4v) is 9.57. The van der Waals surface area contributed by atoms with Crippen LogP contribution in [0, 0.1) is 46.3 Å². The molecule has 10 atom stereocenters. The molecule has 3 nitrogen and oxygen atoms in total. The van der Waals surface area contributed by atoms with Crippen molar-refractivity contribution >= 4 is 5.78 Å². The molecule has 1 N–H and O–H groups in total. The maximum absolute atomic E-state index is 12.5. The first-order chi connectivity index (χ1) is 15.2. The van der Waals surface area contributed by atoms with E-state index in [0.717, 1.165) is 55.3 Å². The van der Waals surface area contributed by atoms with Crippen LogP contribution in [0.25, 0.3) is 0 Å². The summed E-state index contributed by atoms with van der Waals surface area (Å²) in [7, 11) is 0. The molecule has 0 bridgehead atoms. The molecule has 0 amide bonds. The summed E-state index contributed by atoms with van der Waals surface area (Å²) >= 11 is 0. The number of carbonyl (C=O) groups is 1. The van der Waals surface area contributed by atoms with E-state index in [1.54, 1.807) is 0 Å². The largest absolute Gasteiger partial charge is 0.393 e. The number of fused-ring (bicyclic) bond motifs is 5. The lowest BCUT2D eigenvalue weighted by atomic mass is 9.44. The highest BCUT2D eigenvalue weighted by Gasteiger charge is 2.60. The van der Waals surface area contributed by atoms with Gasteiger partial charge in [0.1, 0.15) is 5.78 Å². The van der Waals surface area contributed by atoms with Crippen molar-refractivity contribution in [3.63, 3.8) is 0 Å². The van der Waals surface area contributed by atoms with Gasteiger partial charge in [-0.3, -0.25) is 4.79 Å². The molecule has 0 aromatic heterocycles. The highest BCUT2D eigenvalue weighted by molar-refractivity contribution is 5.78. The summed E-state index contributed by atoms with van der Waals surface area (Å²) in [5.74, 6) is 5.21. The van der Waals surface area contributed by atoms with E-state index in [1.165, 1.54) is 44.9 Å². The average molecular weight is 447 g/mol. The van der Waals surface area contributed by atoms with E-state index in [2.05, 4.69) is 20.8 Å². The van der Waals surface area contributed by atoms with Gasteiger partial charge in [-0.05, 0) is 124 Å². The van der Waals surface area contributed by atoms with Crippen molar-refractivity contribution in [2.24, 2.45) is 46.3 Å². The number of aliphatic hydroxyl groups excluding tert-OH is 1. The van der Waals surface area contributed by atoms with Crippen LogP contribution in [0.2, 0.25) is 0 Å². The molecule has 0 saturated heterocycles. The molecule has 10 unspecified atom stereocenters. The Morgan fingerprint density at radius 1 is 1.00 bits per heavy atom. The molecule has 32 heavy (non-hydrogen) atoms. The molecular weight excluding hydrogens is 396 g/mol. The van der Waals surface area contributed by atoms with Crippen LogP contribution in [0.5, 0.6) is 0 Å². The summed E-state index contributed by atoms with van der Waals surface area (Å²) in [6.45, 7) is 12.4. The van der Waals surface area contributed by atoms with Gasteiger partial charge in [0.25, 0.3) is 0 Å². The van der Waals surface area contributed by atoms with Gasteiger partial charge < -0.3 is 9.84 Å². The second-order valence-corrected chi connectivity index (χ2v) is 12.8. The van der Waals surface area contributed by atoms with Gasteiger partial charge in [0, 0.05) is 19.4 Å². The average Bonchev–Trinajstić information content (AvgIpc) is 3.10. The van der Waals surface area contributed by atoms with Gasteiger partial charge in [-0.15, -0.1) is 0 Å². The lowest BCUT2D eigenvalue weighted by Crippen LogP contribution is -2.54. The van der Waals surface area contributed by atoms with E-state index in [9.17, 15) is 9.90 Å². The number of rotatable bonds is 8. The first-order valence-electron chi connectivity index (χ1n) is 14.0. The van der Waals surface area contributed by atoms with Crippen molar-refractivity contribution < 1.29 is 14.6 Å². The second-order valence-electron chi connectivity index (χ2n) is 12.8. The lowest BCUT2D eigenvalue weighted by Gasteiger charge is -2.61. The quantitative estimate of drug-likeness (QED) is 0.445. The fraction of sp³-hybridized carbons (Fsp3) is 0.966. The van der Waals surface area contributed by atoms with Gasteiger partial charge >= 0.3 is 0 Å². The predicted octanol–water partition coefficient (Wildman–Crippen LogP) is 6.81. The molecule has 4 aliphatic carbocycles. The van der Waals surface area contributed by atoms with Crippen molar-refractivity contribution in [3.8, 4) is 0 Å². The Balaban J connectivity index is 1.38. The van der Waals surface area contributed by atoms with Crippen molar-refractivity contribution in [2.45, 2.75) is 124 Å². The molecule has 4 saturated carbocycles. The monoisotopic (exact) mass is 446 g/mol. The zero-order valence-electron chi connectivity index (χ0n) is 21.6. The van der Waals surface area contributed by atoms with E-state index in [4.69, 9.17) is 4.74 Å². The zero-order chi connectivity index (χ0) is 23.1. The summed E-state index contributed by atoms with van der Waals surface area (Å²) in [4.78, 5) is 12.5. The third-order valence-electron chi connectivity index (χ3n) is 11.2. The summed E-state index contributed by atoms with van der Waals surface area (Å²) < 4.78 is 5.57. The summed E-state index contributed by atoms with van der Waals surface area (Å²) in [6, 6.07) is 0. The Bertz CT molecular complexity index is 661. The molecule has 0 heterocycles. The maximum atomic E-state index is 12.5. The SMILES string of the molecule is CCOC(C)CC(=O)CCC(C)C1CCC2C3CCC4CC(O)CCC4(C)C3CCC12C. The summed E-state index contributed by atoms with van der Waals surface area (Å²) in [6.07, 6.45) is 14.0. The van der Waals surface area contributed by atoms with Crippen LogP contribution < -0.4 is 0 Å². The third kappa shape index (κ3) is 4.47. The molecule has 0 aromatic carbocycles. The van der Waals surface area contributed by atoms with Crippen molar-refractivity contribution in [1.82, 2.24) is 0 Å². The first-order valence-corrected chi connectivity index (χ1v) is 14.0. The molecule has 3 heteroatoms. The van der Waals surface area contributed by atoms with Crippen molar-refractivity contribution in [2.75, 3.05) is 6.61 Å². The molecule has 184 valence electrons. The van der Waals surface area contributed by atoms with Gasteiger partial charge in [0.15, 0.2) is 0 Å². The van der Waals surface area contributed by atoms with E-state index in [1.807, 2.05) is 13.8 Å². The van der Waals surface area contributed by atoms with Crippen LogP contribution in [0.1, 0.15) is 112 Å².